The molecule has 1 unspecified atom stereocenters. The molecule has 0 aliphatic carbocycles. The van der Waals surface area contributed by atoms with Crippen LogP contribution in [-0.4, -0.2) is 27.9 Å². The number of ether oxygens (including phenoxy) is 1. The molecule has 0 fully saturated rings. The van der Waals surface area contributed by atoms with Crippen LogP contribution in [0.1, 0.15) is 23.7 Å². The number of fused-ring (bicyclic) bond motifs is 2. The number of aromatic amines is 1. The van der Waals surface area contributed by atoms with Crippen molar-refractivity contribution in [2.24, 2.45) is 0 Å². The predicted octanol–water partition coefficient (Wildman–Crippen LogP) is 5.84. The SMILES string of the molecule is CCC(OC(=O)c1ccc(-c2ncc[nH]2)cc1)C(=O)N1c2ccccc2Sc2ccccc21. The number of carbonyl (C=O) groups is 2. The topological polar surface area (TPSA) is 75.3 Å². The number of imidazole rings is 1. The third-order valence-corrected chi connectivity index (χ3v) is 6.57. The standard InChI is InChI=1S/C26H21N3O3S/c1-2-21(32-26(31)18-13-11-17(12-14-18)24-27-15-16-28-24)25(30)29-19-7-3-5-9-22(19)33-23-10-6-4-8-20(23)29/h3-16,21H,2H2,1H3,(H,27,28). The van der Waals surface area contributed by atoms with Crippen LogP contribution in [0.25, 0.3) is 11.4 Å². The molecule has 0 saturated heterocycles. The van der Waals surface area contributed by atoms with Crippen LogP contribution in [0, 0.1) is 0 Å². The van der Waals surface area contributed by atoms with Crippen molar-refractivity contribution in [3.63, 3.8) is 0 Å². The van der Waals surface area contributed by atoms with Gasteiger partial charge in [-0.05, 0) is 42.8 Å². The van der Waals surface area contributed by atoms with Crippen molar-refractivity contribution >= 4 is 35.0 Å². The molecular formula is C26H21N3O3S. The molecule has 1 atom stereocenters. The number of nitrogens with zero attached hydrogens (tertiary/aromatic N) is 2. The van der Waals surface area contributed by atoms with Gasteiger partial charge in [0.15, 0.2) is 6.10 Å². The number of esters is 1. The highest BCUT2D eigenvalue weighted by atomic mass is 32.2. The summed E-state index contributed by atoms with van der Waals surface area (Å²) in [4.78, 5) is 37.4. The summed E-state index contributed by atoms with van der Waals surface area (Å²) in [7, 11) is 0. The zero-order valence-electron chi connectivity index (χ0n) is 17.9. The van der Waals surface area contributed by atoms with Gasteiger partial charge in [-0.15, -0.1) is 0 Å². The number of hydrogen-bond donors (Lipinski definition) is 1. The maximum atomic E-state index is 13.7. The summed E-state index contributed by atoms with van der Waals surface area (Å²) in [5.74, 6) is -0.0794. The van der Waals surface area contributed by atoms with E-state index in [1.807, 2.05) is 55.5 Å². The van der Waals surface area contributed by atoms with Crippen molar-refractivity contribution < 1.29 is 14.3 Å². The van der Waals surface area contributed by atoms with Crippen LogP contribution in [-0.2, 0) is 9.53 Å². The van der Waals surface area contributed by atoms with Gasteiger partial charge in [0, 0.05) is 27.7 Å². The molecule has 0 saturated carbocycles. The third-order valence-electron chi connectivity index (χ3n) is 5.44. The molecule has 2 heterocycles. The summed E-state index contributed by atoms with van der Waals surface area (Å²) in [6, 6.07) is 22.5. The minimum absolute atomic E-state index is 0.266. The lowest BCUT2D eigenvalue weighted by Gasteiger charge is -2.33. The Labute approximate surface area is 195 Å². The number of hydrogen-bond acceptors (Lipinski definition) is 5. The lowest BCUT2D eigenvalue weighted by molar-refractivity contribution is -0.126. The van der Waals surface area contributed by atoms with Gasteiger partial charge in [-0.3, -0.25) is 9.69 Å². The van der Waals surface area contributed by atoms with Crippen molar-refractivity contribution in [3.8, 4) is 11.4 Å². The number of rotatable bonds is 5. The molecule has 1 aliphatic rings. The first kappa shape index (κ1) is 21.0. The summed E-state index contributed by atoms with van der Waals surface area (Å²) in [5.41, 5.74) is 2.83. The number of aromatic nitrogens is 2. The van der Waals surface area contributed by atoms with Gasteiger partial charge < -0.3 is 9.72 Å². The van der Waals surface area contributed by atoms with Gasteiger partial charge in [-0.1, -0.05) is 55.1 Å². The number of anilines is 2. The van der Waals surface area contributed by atoms with E-state index in [2.05, 4.69) is 9.97 Å². The minimum atomic E-state index is -0.911. The Bertz CT molecular complexity index is 1260. The molecule has 1 aliphatic heterocycles. The molecular weight excluding hydrogens is 434 g/mol. The molecule has 33 heavy (non-hydrogen) atoms. The normalized spacial score (nSPS) is 13.1. The molecule has 1 amide bonds. The van der Waals surface area contributed by atoms with Crippen LogP contribution in [0.15, 0.2) is 95.0 Å². The molecule has 4 aromatic rings. The summed E-state index contributed by atoms with van der Waals surface area (Å²) in [6.45, 7) is 1.84. The van der Waals surface area contributed by atoms with E-state index in [0.29, 0.717) is 12.0 Å². The summed E-state index contributed by atoms with van der Waals surface area (Å²) in [5, 5.41) is 0. The van der Waals surface area contributed by atoms with Crippen molar-refractivity contribution in [3.05, 3.63) is 90.8 Å². The number of carbonyl (C=O) groups excluding carboxylic acids is 2. The van der Waals surface area contributed by atoms with E-state index < -0.39 is 12.1 Å². The first-order valence-electron chi connectivity index (χ1n) is 10.7. The molecule has 6 nitrogen and oxygen atoms in total. The van der Waals surface area contributed by atoms with Crippen molar-refractivity contribution in [1.82, 2.24) is 9.97 Å². The predicted molar refractivity (Wildman–Crippen MR) is 128 cm³/mol. The van der Waals surface area contributed by atoms with Gasteiger partial charge in [-0.2, -0.15) is 0 Å². The van der Waals surface area contributed by atoms with Crippen molar-refractivity contribution in [2.45, 2.75) is 29.2 Å². The van der Waals surface area contributed by atoms with Crippen LogP contribution in [0.2, 0.25) is 0 Å². The van der Waals surface area contributed by atoms with Gasteiger partial charge in [-0.25, -0.2) is 9.78 Å². The van der Waals surface area contributed by atoms with E-state index in [1.165, 1.54) is 0 Å². The van der Waals surface area contributed by atoms with Crippen LogP contribution in [0.4, 0.5) is 11.4 Å². The lowest BCUT2D eigenvalue weighted by atomic mass is 10.1. The highest BCUT2D eigenvalue weighted by Crippen LogP contribution is 2.48. The average Bonchev–Trinajstić information content (AvgIpc) is 3.40. The molecule has 1 N–H and O–H groups in total. The fourth-order valence-electron chi connectivity index (χ4n) is 3.78. The summed E-state index contributed by atoms with van der Waals surface area (Å²) >= 11 is 1.62. The van der Waals surface area contributed by atoms with Gasteiger partial charge in [0.2, 0.25) is 0 Å². The second kappa shape index (κ2) is 8.96. The van der Waals surface area contributed by atoms with E-state index in [-0.39, 0.29) is 5.91 Å². The first-order valence-corrected chi connectivity index (χ1v) is 11.5. The van der Waals surface area contributed by atoms with Crippen LogP contribution >= 0.6 is 11.8 Å². The Morgan fingerprint density at radius 3 is 2.18 bits per heavy atom. The zero-order chi connectivity index (χ0) is 22.8. The second-order valence-corrected chi connectivity index (χ2v) is 8.61. The smallest absolute Gasteiger partial charge is 0.338 e. The zero-order valence-corrected chi connectivity index (χ0v) is 18.7. The number of nitrogens with one attached hydrogen (secondary N) is 1. The largest absolute Gasteiger partial charge is 0.449 e. The summed E-state index contributed by atoms with van der Waals surface area (Å²) in [6.07, 6.45) is 2.86. The Kier molecular flexibility index (Phi) is 5.71. The highest BCUT2D eigenvalue weighted by Gasteiger charge is 2.33. The Morgan fingerprint density at radius 2 is 1.61 bits per heavy atom. The van der Waals surface area contributed by atoms with Crippen molar-refractivity contribution in [2.75, 3.05) is 4.90 Å². The number of benzene rings is 3. The number of amides is 1. The Hall–Kier alpha value is -3.84. The molecule has 0 spiro atoms. The average molecular weight is 456 g/mol. The molecule has 3 aromatic carbocycles. The molecule has 164 valence electrons. The highest BCUT2D eigenvalue weighted by molar-refractivity contribution is 7.99. The maximum Gasteiger partial charge on any atom is 0.338 e. The maximum absolute atomic E-state index is 13.7. The molecule has 1 aromatic heterocycles. The van der Waals surface area contributed by atoms with Crippen LogP contribution < -0.4 is 4.90 Å². The van der Waals surface area contributed by atoms with E-state index in [1.54, 1.807) is 53.3 Å². The molecule has 5 rings (SSSR count). The Morgan fingerprint density at radius 1 is 0.970 bits per heavy atom. The van der Waals surface area contributed by atoms with E-state index >= 15 is 0 Å². The van der Waals surface area contributed by atoms with E-state index in [0.717, 1.165) is 32.6 Å². The Balaban J connectivity index is 1.40. The lowest BCUT2D eigenvalue weighted by Crippen LogP contribution is -2.39. The summed E-state index contributed by atoms with van der Waals surface area (Å²) < 4.78 is 5.70. The monoisotopic (exact) mass is 455 g/mol. The van der Waals surface area contributed by atoms with E-state index in [4.69, 9.17) is 4.74 Å². The van der Waals surface area contributed by atoms with Gasteiger partial charge >= 0.3 is 5.97 Å². The van der Waals surface area contributed by atoms with E-state index in [9.17, 15) is 9.59 Å². The minimum Gasteiger partial charge on any atom is -0.449 e. The van der Waals surface area contributed by atoms with Gasteiger partial charge in [0.05, 0.1) is 16.9 Å². The number of para-hydroxylation sites is 2. The fraction of sp³-hybridized carbons (Fsp3) is 0.115. The third kappa shape index (κ3) is 4.03. The molecule has 0 bridgehead atoms. The van der Waals surface area contributed by atoms with Gasteiger partial charge in [0.1, 0.15) is 5.82 Å². The van der Waals surface area contributed by atoms with Gasteiger partial charge in [0.25, 0.3) is 5.91 Å². The van der Waals surface area contributed by atoms with Crippen LogP contribution in [0.3, 0.4) is 0 Å². The van der Waals surface area contributed by atoms with Crippen LogP contribution in [0.5, 0.6) is 0 Å². The first-order chi connectivity index (χ1) is 16.2. The molecule has 7 heteroatoms. The second-order valence-electron chi connectivity index (χ2n) is 7.53. The number of H-pyrrole nitrogens is 1. The fourth-order valence-corrected chi connectivity index (χ4v) is 4.84. The molecule has 0 radical (unpaired) electrons. The van der Waals surface area contributed by atoms with Crippen molar-refractivity contribution in [1.29, 1.82) is 0 Å². The quantitative estimate of drug-likeness (QED) is 0.383.